The van der Waals surface area contributed by atoms with Crippen molar-refractivity contribution >= 4 is 40.8 Å². The number of fused-ring (bicyclic) bond motifs is 1. The Morgan fingerprint density at radius 1 is 0.615 bits per heavy atom. The lowest BCUT2D eigenvalue weighted by molar-refractivity contribution is -0.135. The third kappa shape index (κ3) is 6.39. The lowest BCUT2D eigenvalue weighted by atomic mass is 10.1. The van der Waals surface area contributed by atoms with Crippen LogP contribution >= 0.6 is 0 Å². The first-order valence-electron chi connectivity index (χ1n) is 11.1. The molecule has 0 aliphatic rings. The van der Waals surface area contributed by atoms with Gasteiger partial charge in [-0.25, -0.2) is 0 Å². The molecule has 13 nitrogen and oxygen atoms in total. The molecule has 0 bridgehead atoms. The second kappa shape index (κ2) is 11.5. The first-order valence-corrected chi connectivity index (χ1v) is 11.1. The summed E-state index contributed by atoms with van der Waals surface area (Å²) in [5.74, 6) is -6.25. The maximum Gasteiger partial charge on any atom is 0.308 e. The molecule has 1 heterocycles. The molecule has 0 unspecified atom stereocenters. The van der Waals surface area contributed by atoms with Crippen LogP contribution in [0.5, 0.6) is 34.5 Å². The Morgan fingerprint density at radius 3 is 1.62 bits per heavy atom. The maximum atomic E-state index is 13.4. The van der Waals surface area contributed by atoms with Crippen LogP contribution in [-0.4, -0.2) is 37.0 Å². The zero-order chi connectivity index (χ0) is 29.0. The van der Waals surface area contributed by atoms with Crippen LogP contribution in [0.2, 0.25) is 0 Å². The van der Waals surface area contributed by atoms with E-state index in [1.54, 1.807) is 0 Å². The van der Waals surface area contributed by atoms with E-state index in [9.17, 15) is 28.8 Å². The van der Waals surface area contributed by atoms with Crippen LogP contribution in [0, 0.1) is 0 Å². The number of ether oxygens (including phenoxy) is 6. The smallest absolute Gasteiger partial charge is 0.308 e. The molecule has 0 aliphatic carbocycles. The van der Waals surface area contributed by atoms with Crippen molar-refractivity contribution in [2.24, 2.45) is 0 Å². The summed E-state index contributed by atoms with van der Waals surface area (Å²) in [6.45, 7) is 5.43. The van der Waals surface area contributed by atoms with Crippen LogP contribution in [0.1, 0.15) is 34.6 Å². The molecule has 39 heavy (non-hydrogen) atoms. The van der Waals surface area contributed by atoms with Gasteiger partial charge in [0.15, 0.2) is 28.3 Å². The summed E-state index contributed by atoms with van der Waals surface area (Å²) < 4.78 is 37.0. The van der Waals surface area contributed by atoms with Crippen molar-refractivity contribution in [3.05, 3.63) is 34.5 Å². The van der Waals surface area contributed by atoms with Crippen molar-refractivity contribution in [1.82, 2.24) is 0 Å². The molecule has 0 N–H and O–H groups in total. The molecule has 0 saturated heterocycles. The van der Waals surface area contributed by atoms with Crippen molar-refractivity contribution in [1.29, 1.82) is 0 Å². The third-order valence-electron chi connectivity index (χ3n) is 4.68. The van der Waals surface area contributed by atoms with Gasteiger partial charge in [-0.2, -0.15) is 0 Å². The Bertz CT molecular complexity index is 1580. The number of hydrogen-bond acceptors (Lipinski definition) is 13. The molecule has 0 spiro atoms. The predicted molar refractivity (Wildman–Crippen MR) is 131 cm³/mol. The summed E-state index contributed by atoms with van der Waals surface area (Å²) in [7, 11) is 1.17. The number of hydrogen-bond donors (Lipinski definition) is 0. The van der Waals surface area contributed by atoms with E-state index in [1.807, 2.05) is 0 Å². The molecule has 3 rings (SSSR count). The zero-order valence-electron chi connectivity index (χ0n) is 21.6. The highest BCUT2D eigenvalue weighted by Gasteiger charge is 2.31. The van der Waals surface area contributed by atoms with Gasteiger partial charge in [0.25, 0.3) is 0 Å². The minimum atomic E-state index is -0.890. The summed E-state index contributed by atoms with van der Waals surface area (Å²) in [5.41, 5.74) is -0.918. The largest absolute Gasteiger partial charge is 0.490 e. The Kier molecular flexibility index (Phi) is 8.34. The summed E-state index contributed by atoms with van der Waals surface area (Å²) >= 11 is 0. The van der Waals surface area contributed by atoms with Gasteiger partial charge < -0.3 is 32.8 Å². The van der Waals surface area contributed by atoms with Crippen LogP contribution in [0.3, 0.4) is 0 Å². The number of methoxy groups -OCH3 is 1. The number of rotatable bonds is 7. The van der Waals surface area contributed by atoms with Crippen LogP contribution in [0.15, 0.2) is 33.5 Å². The van der Waals surface area contributed by atoms with Gasteiger partial charge in [0, 0.05) is 46.2 Å². The third-order valence-corrected chi connectivity index (χ3v) is 4.68. The maximum absolute atomic E-state index is 13.4. The fourth-order valence-electron chi connectivity index (χ4n) is 3.47. The van der Waals surface area contributed by atoms with Crippen LogP contribution in [-0.2, 0) is 24.0 Å². The van der Waals surface area contributed by atoms with Crippen molar-refractivity contribution < 1.29 is 56.8 Å². The topological polar surface area (TPSA) is 171 Å². The first-order chi connectivity index (χ1) is 18.3. The van der Waals surface area contributed by atoms with Crippen LogP contribution < -0.4 is 33.8 Å². The standard InChI is InChI=1S/C26H22O13/c1-11(27)34-18-8-7-16(9-20(18)35-12(2)28)19-10-17(32)21-22(39-19)24(33-6)26(38-15(5)31)25(37-14(4)30)23(21)36-13(3)29/h7-10H,1-6H3. The monoisotopic (exact) mass is 542 g/mol. The summed E-state index contributed by atoms with van der Waals surface area (Å²) in [5, 5.41) is -0.366. The molecule has 0 aliphatic heterocycles. The second-order valence-electron chi connectivity index (χ2n) is 7.83. The molecule has 3 aromatic rings. The second-order valence-corrected chi connectivity index (χ2v) is 7.83. The Labute approximate surface area is 220 Å². The fraction of sp³-hybridized carbons (Fsp3) is 0.231. The highest BCUT2D eigenvalue weighted by molar-refractivity contribution is 5.98. The van der Waals surface area contributed by atoms with Crippen molar-refractivity contribution in [2.75, 3.05) is 7.11 Å². The number of carbonyl (C=O) groups excluding carboxylic acids is 5. The van der Waals surface area contributed by atoms with Crippen LogP contribution in [0.4, 0.5) is 0 Å². The SMILES string of the molecule is COc1c(OC(C)=O)c(OC(C)=O)c(OC(C)=O)c2c(=O)cc(-c3ccc(OC(C)=O)c(OC(C)=O)c3)oc12. The van der Waals surface area contributed by atoms with E-state index in [0.717, 1.165) is 40.7 Å². The van der Waals surface area contributed by atoms with Crippen molar-refractivity contribution in [2.45, 2.75) is 34.6 Å². The lowest BCUT2D eigenvalue weighted by Crippen LogP contribution is -2.14. The van der Waals surface area contributed by atoms with E-state index in [4.69, 9.17) is 32.8 Å². The van der Waals surface area contributed by atoms with E-state index in [2.05, 4.69) is 0 Å². The highest BCUT2D eigenvalue weighted by atomic mass is 16.6. The average Bonchev–Trinajstić information content (AvgIpc) is 2.80. The summed E-state index contributed by atoms with van der Waals surface area (Å²) in [4.78, 5) is 72.0. The van der Waals surface area contributed by atoms with Gasteiger partial charge in [0.05, 0.1) is 7.11 Å². The van der Waals surface area contributed by atoms with Crippen molar-refractivity contribution in [3.8, 4) is 45.8 Å². The molecule has 2 aromatic carbocycles. The molecule has 0 saturated carbocycles. The quantitative estimate of drug-likeness (QED) is 0.315. The molecule has 204 valence electrons. The van der Waals surface area contributed by atoms with E-state index >= 15 is 0 Å². The van der Waals surface area contributed by atoms with Gasteiger partial charge in [0.1, 0.15) is 11.1 Å². The van der Waals surface area contributed by atoms with Crippen molar-refractivity contribution in [3.63, 3.8) is 0 Å². The minimum absolute atomic E-state index is 0.0671. The molecule has 0 radical (unpaired) electrons. The molecule has 1 aromatic heterocycles. The van der Waals surface area contributed by atoms with Gasteiger partial charge in [-0.05, 0) is 18.2 Å². The Morgan fingerprint density at radius 2 is 1.10 bits per heavy atom. The summed E-state index contributed by atoms with van der Waals surface area (Å²) in [6, 6.07) is 5.03. The zero-order valence-corrected chi connectivity index (χ0v) is 21.6. The van der Waals surface area contributed by atoms with Gasteiger partial charge in [0.2, 0.25) is 17.2 Å². The Hall–Kier alpha value is -5.20. The fourth-order valence-corrected chi connectivity index (χ4v) is 3.47. The average molecular weight is 542 g/mol. The van der Waals surface area contributed by atoms with E-state index < -0.39 is 52.5 Å². The van der Waals surface area contributed by atoms with Gasteiger partial charge in [-0.3, -0.25) is 28.8 Å². The molecular weight excluding hydrogens is 520 g/mol. The summed E-state index contributed by atoms with van der Waals surface area (Å²) in [6.07, 6.45) is 0. The van der Waals surface area contributed by atoms with E-state index in [-0.39, 0.29) is 39.5 Å². The minimum Gasteiger partial charge on any atom is -0.490 e. The number of benzene rings is 2. The highest BCUT2D eigenvalue weighted by Crippen LogP contribution is 2.51. The number of esters is 5. The van der Waals surface area contributed by atoms with E-state index in [1.165, 1.54) is 25.3 Å². The van der Waals surface area contributed by atoms with Crippen LogP contribution in [0.25, 0.3) is 22.3 Å². The lowest BCUT2D eigenvalue weighted by Gasteiger charge is -2.18. The number of carbonyl (C=O) groups is 5. The van der Waals surface area contributed by atoms with Gasteiger partial charge >= 0.3 is 29.8 Å². The first kappa shape index (κ1) is 28.4. The van der Waals surface area contributed by atoms with Gasteiger partial charge in [-0.15, -0.1) is 0 Å². The molecule has 0 fully saturated rings. The normalized spacial score (nSPS) is 10.4. The molecule has 13 heteroatoms. The predicted octanol–water partition coefficient (Wildman–Crippen LogP) is 3.10. The molecule has 0 amide bonds. The Balaban J connectivity index is 2.42. The van der Waals surface area contributed by atoms with Gasteiger partial charge in [-0.1, -0.05) is 0 Å². The van der Waals surface area contributed by atoms with E-state index in [0.29, 0.717) is 0 Å². The molecule has 0 atom stereocenters. The molecular formula is C26H22O13.